The molecule has 7 heteroatoms. The molecule has 0 aliphatic rings. The standard InChI is InChI=1S/C19H15N3O2S2/c1-10-7-13(11(2)26-10)16-9-25-19(21-16)22-18(24)14-8-17(23)20-15-6-4-3-5-12(14)15/h3-9H,1-2H3,(H,20,23)(H,21,22,24). The number of thiazole rings is 1. The maximum atomic E-state index is 12.7. The molecule has 3 heterocycles. The number of anilines is 1. The quantitative estimate of drug-likeness (QED) is 0.545. The second-order valence-electron chi connectivity index (χ2n) is 5.91. The van der Waals surface area contributed by atoms with Crippen molar-refractivity contribution in [1.29, 1.82) is 0 Å². The Balaban J connectivity index is 1.66. The highest BCUT2D eigenvalue weighted by Gasteiger charge is 2.15. The number of benzene rings is 1. The van der Waals surface area contributed by atoms with E-state index < -0.39 is 0 Å². The highest BCUT2D eigenvalue weighted by molar-refractivity contribution is 7.14. The molecular formula is C19H15N3O2S2. The van der Waals surface area contributed by atoms with Gasteiger partial charge in [-0.15, -0.1) is 22.7 Å². The average Bonchev–Trinajstić information content (AvgIpc) is 3.19. The molecule has 3 aromatic heterocycles. The molecule has 0 spiro atoms. The Kier molecular flexibility index (Phi) is 4.18. The third-order valence-electron chi connectivity index (χ3n) is 4.04. The van der Waals surface area contributed by atoms with Gasteiger partial charge in [0.25, 0.3) is 5.91 Å². The Labute approximate surface area is 157 Å². The van der Waals surface area contributed by atoms with E-state index in [-0.39, 0.29) is 11.5 Å². The molecule has 0 saturated heterocycles. The van der Waals surface area contributed by atoms with Crippen LogP contribution in [0.3, 0.4) is 0 Å². The third kappa shape index (κ3) is 3.07. The molecular weight excluding hydrogens is 366 g/mol. The Bertz CT molecular complexity index is 1190. The number of thiophene rings is 1. The van der Waals surface area contributed by atoms with Gasteiger partial charge in [-0.3, -0.25) is 14.9 Å². The number of para-hydroxylation sites is 1. The molecule has 0 fully saturated rings. The van der Waals surface area contributed by atoms with Gasteiger partial charge < -0.3 is 4.98 Å². The SMILES string of the molecule is Cc1cc(-c2csc(NC(=O)c3cc(=O)[nH]c4ccccc34)n2)c(C)s1. The Morgan fingerprint density at radius 1 is 1.19 bits per heavy atom. The van der Waals surface area contributed by atoms with Crippen LogP contribution in [0.15, 0.2) is 46.6 Å². The fourth-order valence-electron chi connectivity index (χ4n) is 2.90. The zero-order valence-corrected chi connectivity index (χ0v) is 15.8. The first-order chi connectivity index (χ1) is 12.5. The number of carbonyl (C=O) groups is 1. The summed E-state index contributed by atoms with van der Waals surface area (Å²) in [4.78, 5) is 34.2. The normalized spacial score (nSPS) is 11.0. The maximum Gasteiger partial charge on any atom is 0.258 e. The Hall–Kier alpha value is -2.77. The van der Waals surface area contributed by atoms with Gasteiger partial charge in [0, 0.05) is 37.7 Å². The summed E-state index contributed by atoms with van der Waals surface area (Å²) < 4.78 is 0. The van der Waals surface area contributed by atoms with Crippen molar-refractivity contribution in [3.8, 4) is 11.3 Å². The molecule has 2 N–H and O–H groups in total. The van der Waals surface area contributed by atoms with Crippen molar-refractivity contribution in [2.24, 2.45) is 0 Å². The minimum absolute atomic E-state index is 0.307. The summed E-state index contributed by atoms with van der Waals surface area (Å²) in [6.45, 7) is 4.13. The first-order valence-corrected chi connectivity index (χ1v) is 9.67. The maximum absolute atomic E-state index is 12.7. The highest BCUT2D eigenvalue weighted by atomic mass is 32.1. The van der Waals surface area contributed by atoms with E-state index in [1.807, 2.05) is 23.6 Å². The van der Waals surface area contributed by atoms with Gasteiger partial charge in [-0.25, -0.2) is 4.98 Å². The number of rotatable bonds is 3. The minimum atomic E-state index is -0.341. The van der Waals surface area contributed by atoms with E-state index in [1.54, 1.807) is 17.4 Å². The lowest BCUT2D eigenvalue weighted by Crippen LogP contribution is -2.16. The van der Waals surface area contributed by atoms with Crippen LogP contribution in [0.4, 0.5) is 5.13 Å². The third-order valence-corrected chi connectivity index (χ3v) is 5.76. The molecule has 5 nitrogen and oxygen atoms in total. The lowest BCUT2D eigenvalue weighted by Gasteiger charge is -2.05. The van der Waals surface area contributed by atoms with Gasteiger partial charge in [0.05, 0.1) is 11.3 Å². The fraction of sp³-hybridized carbons (Fsp3) is 0.105. The fourth-order valence-corrected chi connectivity index (χ4v) is 4.54. The van der Waals surface area contributed by atoms with Crippen molar-refractivity contribution >= 4 is 44.6 Å². The van der Waals surface area contributed by atoms with E-state index in [4.69, 9.17) is 0 Å². The first kappa shape index (κ1) is 16.7. The van der Waals surface area contributed by atoms with Crippen molar-refractivity contribution in [3.63, 3.8) is 0 Å². The lowest BCUT2D eigenvalue weighted by atomic mass is 10.1. The summed E-state index contributed by atoms with van der Waals surface area (Å²) in [6, 6.07) is 10.7. The second kappa shape index (κ2) is 6.51. The second-order valence-corrected chi connectivity index (χ2v) is 8.23. The molecule has 0 bridgehead atoms. The lowest BCUT2D eigenvalue weighted by molar-refractivity contribution is 0.102. The van der Waals surface area contributed by atoms with Crippen LogP contribution in [-0.4, -0.2) is 15.9 Å². The predicted molar refractivity (Wildman–Crippen MR) is 107 cm³/mol. The van der Waals surface area contributed by atoms with E-state index >= 15 is 0 Å². The number of aromatic nitrogens is 2. The van der Waals surface area contributed by atoms with Crippen LogP contribution in [0.2, 0.25) is 0 Å². The molecule has 0 unspecified atom stereocenters. The van der Waals surface area contributed by atoms with E-state index in [2.05, 4.69) is 35.2 Å². The molecule has 130 valence electrons. The zero-order chi connectivity index (χ0) is 18.3. The molecule has 0 radical (unpaired) electrons. The van der Waals surface area contributed by atoms with E-state index in [0.717, 1.165) is 11.3 Å². The van der Waals surface area contributed by atoms with Gasteiger partial charge in [0.15, 0.2) is 5.13 Å². The van der Waals surface area contributed by atoms with Crippen molar-refractivity contribution in [3.05, 3.63) is 67.4 Å². The van der Waals surface area contributed by atoms with Crippen LogP contribution < -0.4 is 10.9 Å². The number of nitrogens with one attached hydrogen (secondary N) is 2. The highest BCUT2D eigenvalue weighted by Crippen LogP contribution is 2.32. The summed E-state index contributed by atoms with van der Waals surface area (Å²) >= 11 is 3.10. The van der Waals surface area contributed by atoms with Crippen LogP contribution >= 0.6 is 22.7 Å². The van der Waals surface area contributed by atoms with Crippen molar-refractivity contribution < 1.29 is 4.79 Å². The molecule has 0 atom stereocenters. The van der Waals surface area contributed by atoms with Crippen LogP contribution in [0.1, 0.15) is 20.1 Å². The number of hydrogen-bond donors (Lipinski definition) is 2. The number of carbonyl (C=O) groups excluding carboxylic acids is 1. The molecule has 0 aliphatic heterocycles. The molecule has 0 aliphatic carbocycles. The Morgan fingerprint density at radius 3 is 2.77 bits per heavy atom. The number of pyridine rings is 1. The van der Waals surface area contributed by atoms with Crippen LogP contribution in [0, 0.1) is 13.8 Å². The van der Waals surface area contributed by atoms with Crippen LogP contribution in [0.25, 0.3) is 22.2 Å². The zero-order valence-electron chi connectivity index (χ0n) is 14.1. The molecule has 0 saturated carbocycles. The topological polar surface area (TPSA) is 74.8 Å². The number of H-pyrrole nitrogens is 1. The molecule has 4 rings (SSSR count). The molecule has 26 heavy (non-hydrogen) atoms. The smallest absolute Gasteiger partial charge is 0.258 e. The van der Waals surface area contributed by atoms with Gasteiger partial charge in [0.2, 0.25) is 5.56 Å². The molecule has 1 aromatic carbocycles. The monoisotopic (exact) mass is 381 g/mol. The summed E-state index contributed by atoms with van der Waals surface area (Å²) in [6.07, 6.45) is 0. The summed E-state index contributed by atoms with van der Waals surface area (Å²) in [7, 11) is 0. The largest absolute Gasteiger partial charge is 0.322 e. The van der Waals surface area contributed by atoms with Gasteiger partial charge in [-0.05, 0) is 26.0 Å². The number of aromatic amines is 1. The van der Waals surface area contributed by atoms with Gasteiger partial charge in [-0.2, -0.15) is 0 Å². The van der Waals surface area contributed by atoms with E-state index in [1.165, 1.54) is 27.2 Å². The number of amides is 1. The number of nitrogens with zero attached hydrogens (tertiary/aromatic N) is 1. The predicted octanol–water partition coefficient (Wildman–Crippen LogP) is 4.58. The summed E-state index contributed by atoms with van der Waals surface area (Å²) in [5.74, 6) is -0.341. The number of hydrogen-bond acceptors (Lipinski definition) is 5. The first-order valence-electron chi connectivity index (χ1n) is 7.97. The van der Waals surface area contributed by atoms with Gasteiger partial charge in [-0.1, -0.05) is 18.2 Å². The van der Waals surface area contributed by atoms with Crippen molar-refractivity contribution in [2.75, 3.05) is 5.32 Å². The summed E-state index contributed by atoms with van der Waals surface area (Å²) in [5, 5.41) is 5.96. The van der Waals surface area contributed by atoms with E-state index in [0.29, 0.717) is 21.6 Å². The average molecular weight is 381 g/mol. The molecule has 1 amide bonds. The van der Waals surface area contributed by atoms with Crippen LogP contribution in [-0.2, 0) is 0 Å². The van der Waals surface area contributed by atoms with Crippen molar-refractivity contribution in [2.45, 2.75) is 13.8 Å². The van der Waals surface area contributed by atoms with E-state index in [9.17, 15) is 9.59 Å². The number of aryl methyl sites for hydroxylation is 2. The minimum Gasteiger partial charge on any atom is -0.322 e. The van der Waals surface area contributed by atoms with Crippen molar-refractivity contribution in [1.82, 2.24) is 9.97 Å². The number of fused-ring (bicyclic) bond motifs is 1. The van der Waals surface area contributed by atoms with Gasteiger partial charge >= 0.3 is 0 Å². The summed E-state index contributed by atoms with van der Waals surface area (Å²) in [5.41, 5.74) is 2.60. The van der Waals surface area contributed by atoms with Crippen LogP contribution in [0.5, 0.6) is 0 Å². The Morgan fingerprint density at radius 2 is 2.00 bits per heavy atom. The molecule has 4 aromatic rings. The van der Waals surface area contributed by atoms with Gasteiger partial charge in [0.1, 0.15) is 0 Å².